The van der Waals surface area contributed by atoms with E-state index in [-0.39, 0.29) is 0 Å². The van der Waals surface area contributed by atoms with Gasteiger partial charge < -0.3 is 5.32 Å². The van der Waals surface area contributed by atoms with E-state index in [0.29, 0.717) is 0 Å². The number of nitrogens with one attached hydrogen (secondary N) is 1. The van der Waals surface area contributed by atoms with Gasteiger partial charge in [0.15, 0.2) is 5.82 Å². The third-order valence-electron chi connectivity index (χ3n) is 2.33. The lowest BCUT2D eigenvalue weighted by atomic mass is 10.2. The summed E-state index contributed by atoms with van der Waals surface area (Å²) in [5, 5.41) is 7.40. The van der Waals surface area contributed by atoms with E-state index in [1.54, 1.807) is 0 Å². The number of hydrogen-bond acceptors (Lipinski definition) is 3. The molecule has 2 heterocycles. The number of hydrogen-bond donors (Lipinski definition) is 1. The number of pyridine rings is 1. The molecule has 0 saturated heterocycles. The SMILES string of the molecule is CNCc1cc(C)nc(-n2cc(C)cn2)c1. The van der Waals surface area contributed by atoms with Crippen molar-refractivity contribution in [3.63, 3.8) is 0 Å². The first-order chi connectivity index (χ1) is 7.69. The van der Waals surface area contributed by atoms with Gasteiger partial charge in [-0.3, -0.25) is 0 Å². The Morgan fingerprint density at radius 1 is 1.31 bits per heavy atom. The molecule has 0 unspecified atom stereocenters. The molecule has 0 saturated carbocycles. The summed E-state index contributed by atoms with van der Waals surface area (Å²) < 4.78 is 1.81. The van der Waals surface area contributed by atoms with Crippen molar-refractivity contribution in [2.24, 2.45) is 0 Å². The van der Waals surface area contributed by atoms with Crippen LogP contribution in [0.5, 0.6) is 0 Å². The third-order valence-corrected chi connectivity index (χ3v) is 2.33. The summed E-state index contributed by atoms with van der Waals surface area (Å²) in [7, 11) is 1.94. The summed E-state index contributed by atoms with van der Waals surface area (Å²) in [6.07, 6.45) is 3.81. The molecule has 2 aromatic heterocycles. The highest BCUT2D eigenvalue weighted by molar-refractivity contribution is 5.30. The van der Waals surface area contributed by atoms with Crippen molar-refractivity contribution in [1.82, 2.24) is 20.1 Å². The molecule has 4 nitrogen and oxygen atoms in total. The van der Waals surface area contributed by atoms with Crippen LogP contribution in [0.4, 0.5) is 0 Å². The first-order valence-electron chi connectivity index (χ1n) is 5.33. The van der Waals surface area contributed by atoms with Crippen LogP contribution >= 0.6 is 0 Å². The van der Waals surface area contributed by atoms with E-state index in [1.165, 1.54) is 5.56 Å². The van der Waals surface area contributed by atoms with E-state index < -0.39 is 0 Å². The van der Waals surface area contributed by atoms with Crippen LogP contribution in [0.2, 0.25) is 0 Å². The van der Waals surface area contributed by atoms with Gasteiger partial charge >= 0.3 is 0 Å². The summed E-state index contributed by atoms with van der Waals surface area (Å²) in [4.78, 5) is 4.47. The summed E-state index contributed by atoms with van der Waals surface area (Å²) in [5.41, 5.74) is 3.37. The summed E-state index contributed by atoms with van der Waals surface area (Å²) in [6, 6.07) is 4.13. The van der Waals surface area contributed by atoms with Crippen LogP contribution in [0.25, 0.3) is 5.82 Å². The number of nitrogens with zero attached hydrogens (tertiary/aromatic N) is 3. The molecule has 16 heavy (non-hydrogen) atoms. The summed E-state index contributed by atoms with van der Waals surface area (Å²) >= 11 is 0. The molecule has 0 aromatic carbocycles. The van der Waals surface area contributed by atoms with Crippen molar-refractivity contribution in [3.8, 4) is 5.82 Å². The van der Waals surface area contributed by atoms with Crippen LogP contribution in [0.15, 0.2) is 24.5 Å². The van der Waals surface area contributed by atoms with Gasteiger partial charge in [0.2, 0.25) is 0 Å². The number of rotatable bonds is 3. The highest BCUT2D eigenvalue weighted by Crippen LogP contribution is 2.10. The van der Waals surface area contributed by atoms with Crippen molar-refractivity contribution < 1.29 is 0 Å². The zero-order valence-corrected chi connectivity index (χ0v) is 9.86. The fourth-order valence-corrected chi connectivity index (χ4v) is 1.68. The zero-order chi connectivity index (χ0) is 11.5. The van der Waals surface area contributed by atoms with Crippen LogP contribution in [0.1, 0.15) is 16.8 Å². The molecule has 0 fully saturated rings. The minimum Gasteiger partial charge on any atom is -0.316 e. The molecule has 1 N–H and O–H groups in total. The molecule has 0 aliphatic carbocycles. The van der Waals surface area contributed by atoms with Crippen LogP contribution in [-0.4, -0.2) is 21.8 Å². The van der Waals surface area contributed by atoms with E-state index in [9.17, 15) is 0 Å². The Hall–Kier alpha value is -1.68. The Bertz CT molecular complexity index is 488. The predicted molar refractivity (Wildman–Crippen MR) is 63.6 cm³/mol. The Kier molecular flexibility index (Phi) is 3.01. The molecule has 2 rings (SSSR count). The average molecular weight is 216 g/mol. The smallest absolute Gasteiger partial charge is 0.153 e. The normalized spacial score (nSPS) is 10.7. The quantitative estimate of drug-likeness (QED) is 0.847. The molecular formula is C12H16N4. The maximum absolute atomic E-state index is 4.47. The number of aromatic nitrogens is 3. The maximum Gasteiger partial charge on any atom is 0.153 e. The standard InChI is InChI=1S/C12H16N4/c1-9-6-14-16(8-9)12-5-11(7-13-3)4-10(2)15-12/h4-6,8,13H,7H2,1-3H3. The first-order valence-corrected chi connectivity index (χ1v) is 5.33. The molecule has 0 bridgehead atoms. The van der Waals surface area contributed by atoms with Crippen molar-refractivity contribution >= 4 is 0 Å². The summed E-state index contributed by atoms with van der Waals surface area (Å²) in [6.45, 7) is 4.86. The first kappa shape index (κ1) is 10.8. The molecule has 0 atom stereocenters. The topological polar surface area (TPSA) is 42.7 Å². The van der Waals surface area contributed by atoms with Crippen molar-refractivity contribution in [3.05, 3.63) is 41.3 Å². The molecule has 0 radical (unpaired) electrons. The van der Waals surface area contributed by atoms with E-state index in [1.807, 2.05) is 38.0 Å². The average Bonchev–Trinajstić information content (AvgIpc) is 2.64. The Balaban J connectivity index is 2.40. The number of aryl methyl sites for hydroxylation is 2. The highest BCUT2D eigenvalue weighted by atomic mass is 15.3. The Morgan fingerprint density at radius 2 is 2.12 bits per heavy atom. The van der Waals surface area contributed by atoms with Crippen LogP contribution < -0.4 is 5.32 Å². The zero-order valence-electron chi connectivity index (χ0n) is 9.86. The fourth-order valence-electron chi connectivity index (χ4n) is 1.68. The maximum atomic E-state index is 4.47. The Labute approximate surface area is 95.3 Å². The van der Waals surface area contributed by atoms with E-state index in [4.69, 9.17) is 0 Å². The van der Waals surface area contributed by atoms with Gasteiger partial charge in [-0.05, 0) is 44.2 Å². The molecule has 4 heteroatoms. The van der Waals surface area contributed by atoms with Gasteiger partial charge in [0.05, 0.1) is 6.20 Å². The lowest BCUT2D eigenvalue weighted by Crippen LogP contribution is -2.08. The van der Waals surface area contributed by atoms with Crippen molar-refractivity contribution in [2.45, 2.75) is 20.4 Å². The molecule has 0 aliphatic rings. The lowest BCUT2D eigenvalue weighted by Gasteiger charge is -2.06. The van der Waals surface area contributed by atoms with Gasteiger partial charge in [-0.2, -0.15) is 5.10 Å². The van der Waals surface area contributed by atoms with Crippen molar-refractivity contribution in [2.75, 3.05) is 7.05 Å². The van der Waals surface area contributed by atoms with Gasteiger partial charge in [-0.25, -0.2) is 9.67 Å². The third kappa shape index (κ3) is 2.28. The molecule has 0 spiro atoms. The van der Waals surface area contributed by atoms with Gasteiger partial charge in [0, 0.05) is 18.4 Å². The monoisotopic (exact) mass is 216 g/mol. The van der Waals surface area contributed by atoms with Crippen LogP contribution in [0, 0.1) is 13.8 Å². The fraction of sp³-hybridized carbons (Fsp3) is 0.333. The van der Waals surface area contributed by atoms with Crippen LogP contribution in [0.3, 0.4) is 0 Å². The predicted octanol–water partition coefficient (Wildman–Crippen LogP) is 1.60. The van der Waals surface area contributed by atoms with Gasteiger partial charge in [-0.15, -0.1) is 0 Å². The lowest BCUT2D eigenvalue weighted by molar-refractivity contribution is 0.796. The molecule has 0 amide bonds. The molecular weight excluding hydrogens is 200 g/mol. The van der Waals surface area contributed by atoms with E-state index >= 15 is 0 Å². The van der Waals surface area contributed by atoms with Crippen LogP contribution in [-0.2, 0) is 6.54 Å². The largest absolute Gasteiger partial charge is 0.316 e. The van der Waals surface area contributed by atoms with Gasteiger partial charge in [0.1, 0.15) is 0 Å². The summed E-state index contributed by atoms with van der Waals surface area (Å²) in [5.74, 6) is 0.873. The van der Waals surface area contributed by atoms with Gasteiger partial charge in [-0.1, -0.05) is 0 Å². The minimum atomic E-state index is 0.844. The second-order valence-electron chi connectivity index (χ2n) is 3.97. The Morgan fingerprint density at radius 3 is 2.75 bits per heavy atom. The molecule has 84 valence electrons. The second-order valence-corrected chi connectivity index (χ2v) is 3.97. The minimum absolute atomic E-state index is 0.844. The van der Waals surface area contributed by atoms with E-state index in [0.717, 1.165) is 23.6 Å². The molecule has 2 aromatic rings. The highest BCUT2D eigenvalue weighted by Gasteiger charge is 2.03. The van der Waals surface area contributed by atoms with Gasteiger partial charge in [0.25, 0.3) is 0 Å². The van der Waals surface area contributed by atoms with Crippen molar-refractivity contribution in [1.29, 1.82) is 0 Å². The molecule has 0 aliphatic heterocycles. The second kappa shape index (κ2) is 4.45. The van der Waals surface area contributed by atoms with E-state index in [2.05, 4.69) is 27.5 Å².